The molecule has 2 aromatic carbocycles. The quantitative estimate of drug-likeness (QED) is 0.499. The fraction of sp³-hybridized carbons (Fsp3) is 0.286. The van der Waals surface area contributed by atoms with Crippen molar-refractivity contribution < 1.29 is 23.8 Å². The van der Waals surface area contributed by atoms with Crippen LogP contribution in [0.3, 0.4) is 0 Å². The molecule has 0 aromatic heterocycles. The second kappa shape index (κ2) is 10.7. The van der Waals surface area contributed by atoms with Gasteiger partial charge < -0.3 is 19.5 Å². The maximum absolute atomic E-state index is 12.2. The second-order valence-electron chi connectivity index (χ2n) is 6.28. The number of benzene rings is 2. The Morgan fingerprint density at radius 2 is 1.79 bits per heavy atom. The summed E-state index contributed by atoms with van der Waals surface area (Å²) < 4.78 is 15.8. The molecule has 0 aliphatic carbocycles. The van der Waals surface area contributed by atoms with Crippen molar-refractivity contribution in [1.82, 2.24) is 5.43 Å². The lowest BCUT2D eigenvalue weighted by Gasteiger charge is -2.11. The largest absolute Gasteiger partial charge is 0.497 e. The van der Waals surface area contributed by atoms with Crippen LogP contribution in [0, 0.1) is 6.92 Å². The van der Waals surface area contributed by atoms with Gasteiger partial charge in [-0.3, -0.25) is 9.59 Å². The summed E-state index contributed by atoms with van der Waals surface area (Å²) in [5.41, 5.74) is 4.37. The van der Waals surface area contributed by atoms with E-state index in [1.165, 1.54) is 7.11 Å². The first-order chi connectivity index (χ1) is 13.9. The van der Waals surface area contributed by atoms with Gasteiger partial charge in [-0.1, -0.05) is 12.1 Å². The monoisotopic (exact) mass is 399 g/mol. The minimum atomic E-state index is -0.414. The molecule has 2 rings (SSSR count). The number of nitrogens with zero attached hydrogens (tertiary/aromatic N) is 1. The highest BCUT2D eigenvalue weighted by molar-refractivity contribution is 6.06. The molecule has 2 N–H and O–H groups in total. The number of carbonyl (C=O) groups is 2. The third kappa shape index (κ3) is 7.17. The zero-order chi connectivity index (χ0) is 21.2. The second-order valence-corrected chi connectivity index (χ2v) is 6.28. The van der Waals surface area contributed by atoms with Crippen LogP contribution < -0.4 is 25.0 Å². The molecule has 0 saturated carbocycles. The van der Waals surface area contributed by atoms with Crippen molar-refractivity contribution in [2.75, 3.05) is 26.1 Å². The molecule has 2 aromatic rings. The van der Waals surface area contributed by atoms with Crippen LogP contribution in [0.1, 0.15) is 18.9 Å². The van der Waals surface area contributed by atoms with E-state index in [0.717, 1.165) is 5.56 Å². The Morgan fingerprint density at radius 3 is 2.48 bits per heavy atom. The first-order valence-electron chi connectivity index (χ1n) is 8.94. The number of amides is 2. The van der Waals surface area contributed by atoms with Gasteiger partial charge in [0.25, 0.3) is 5.91 Å². The summed E-state index contributed by atoms with van der Waals surface area (Å²) in [6.45, 7) is 3.41. The smallest absolute Gasteiger partial charge is 0.277 e. The molecule has 0 atom stereocenters. The maximum atomic E-state index is 12.2. The van der Waals surface area contributed by atoms with E-state index >= 15 is 0 Å². The molecule has 0 spiro atoms. The van der Waals surface area contributed by atoms with Gasteiger partial charge in [-0.15, -0.1) is 0 Å². The highest BCUT2D eigenvalue weighted by atomic mass is 16.5. The Balaban J connectivity index is 1.82. The molecule has 0 saturated heterocycles. The number of anilines is 1. The molecular weight excluding hydrogens is 374 g/mol. The summed E-state index contributed by atoms with van der Waals surface area (Å²) >= 11 is 0. The number of aryl methyl sites for hydroxylation is 1. The molecule has 0 fully saturated rings. The number of hydrazone groups is 1. The predicted octanol–water partition coefficient (Wildman–Crippen LogP) is 2.91. The molecule has 0 aliphatic rings. The zero-order valence-corrected chi connectivity index (χ0v) is 16.9. The van der Waals surface area contributed by atoms with E-state index in [9.17, 15) is 9.59 Å². The molecule has 0 bridgehead atoms. The number of hydrogen-bond acceptors (Lipinski definition) is 6. The summed E-state index contributed by atoms with van der Waals surface area (Å²) in [7, 11) is 3.05. The third-order valence-corrected chi connectivity index (χ3v) is 3.83. The third-order valence-electron chi connectivity index (χ3n) is 3.83. The normalized spacial score (nSPS) is 10.8. The average Bonchev–Trinajstić information content (AvgIpc) is 2.71. The van der Waals surface area contributed by atoms with Gasteiger partial charge in [0.1, 0.15) is 17.2 Å². The van der Waals surface area contributed by atoms with Crippen LogP contribution in [0.25, 0.3) is 0 Å². The van der Waals surface area contributed by atoms with Crippen molar-refractivity contribution in [2.45, 2.75) is 20.3 Å². The fourth-order valence-corrected chi connectivity index (χ4v) is 2.41. The molecule has 0 unspecified atom stereocenters. The first-order valence-corrected chi connectivity index (χ1v) is 8.94. The first kappa shape index (κ1) is 21.7. The topological polar surface area (TPSA) is 98.2 Å². The van der Waals surface area contributed by atoms with Crippen LogP contribution in [0.2, 0.25) is 0 Å². The van der Waals surface area contributed by atoms with Crippen LogP contribution in [0.4, 0.5) is 5.69 Å². The predicted molar refractivity (Wildman–Crippen MR) is 111 cm³/mol. The SMILES string of the molecule is COc1ccc(NC(=O)CC(C)=NNC(=O)COc2cccc(C)c2)c(OC)c1. The Bertz CT molecular complexity index is 896. The molecule has 2 amide bonds. The number of ether oxygens (including phenoxy) is 3. The van der Waals surface area contributed by atoms with Crippen molar-refractivity contribution in [2.24, 2.45) is 5.10 Å². The van der Waals surface area contributed by atoms with Gasteiger partial charge in [-0.2, -0.15) is 5.10 Å². The van der Waals surface area contributed by atoms with Gasteiger partial charge in [0.05, 0.1) is 26.3 Å². The van der Waals surface area contributed by atoms with E-state index in [2.05, 4.69) is 15.8 Å². The molecule has 0 radical (unpaired) electrons. The Morgan fingerprint density at radius 1 is 1.00 bits per heavy atom. The van der Waals surface area contributed by atoms with Crippen LogP contribution in [-0.2, 0) is 9.59 Å². The number of hydrogen-bond donors (Lipinski definition) is 2. The van der Waals surface area contributed by atoms with Crippen molar-refractivity contribution in [1.29, 1.82) is 0 Å². The Kier molecular flexibility index (Phi) is 8.02. The molecular formula is C21H25N3O5. The summed E-state index contributed by atoms with van der Waals surface area (Å²) in [6, 6.07) is 12.5. The molecule has 8 nitrogen and oxygen atoms in total. The van der Waals surface area contributed by atoms with E-state index < -0.39 is 5.91 Å². The molecule has 154 valence electrons. The minimum absolute atomic E-state index is 0.00814. The van der Waals surface area contributed by atoms with E-state index in [1.54, 1.807) is 38.3 Å². The van der Waals surface area contributed by atoms with Crippen LogP contribution in [0.15, 0.2) is 47.6 Å². The fourth-order valence-electron chi connectivity index (χ4n) is 2.41. The van der Waals surface area contributed by atoms with Gasteiger partial charge in [-0.25, -0.2) is 5.43 Å². The van der Waals surface area contributed by atoms with Crippen molar-refractivity contribution >= 4 is 23.2 Å². The number of methoxy groups -OCH3 is 2. The molecule has 8 heteroatoms. The van der Waals surface area contributed by atoms with E-state index in [-0.39, 0.29) is 18.9 Å². The van der Waals surface area contributed by atoms with Gasteiger partial charge in [0.15, 0.2) is 6.61 Å². The molecule has 0 heterocycles. The zero-order valence-electron chi connectivity index (χ0n) is 16.9. The van der Waals surface area contributed by atoms with Crippen molar-refractivity contribution in [3.63, 3.8) is 0 Å². The lowest BCUT2D eigenvalue weighted by molar-refractivity contribution is -0.123. The number of carbonyl (C=O) groups excluding carboxylic acids is 2. The summed E-state index contributed by atoms with van der Waals surface area (Å²) in [6.07, 6.45) is 0.00814. The van der Waals surface area contributed by atoms with Gasteiger partial charge >= 0.3 is 0 Å². The minimum Gasteiger partial charge on any atom is -0.497 e. The lowest BCUT2D eigenvalue weighted by Crippen LogP contribution is -2.26. The highest BCUT2D eigenvalue weighted by Crippen LogP contribution is 2.29. The Hall–Kier alpha value is -3.55. The van der Waals surface area contributed by atoms with Crippen LogP contribution >= 0.6 is 0 Å². The van der Waals surface area contributed by atoms with Crippen molar-refractivity contribution in [3.8, 4) is 17.2 Å². The highest BCUT2D eigenvalue weighted by Gasteiger charge is 2.10. The lowest BCUT2D eigenvalue weighted by atomic mass is 10.2. The molecule has 29 heavy (non-hydrogen) atoms. The summed E-state index contributed by atoms with van der Waals surface area (Å²) in [5.74, 6) is 0.999. The maximum Gasteiger partial charge on any atom is 0.277 e. The van der Waals surface area contributed by atoms with Crippen LogP contribution in [-0.4, -0.2) is 38.4 Å². The van der Waals surface area contributed by atoms with Gasteiger partial charge in [0.2, 0.25) is 5.91 Å². The van der Waals surface area contributed by atoms with E-state index in [1.807, 2.05) is 25.1 Å². The van der Waals surface area contributed by atoms with Crippen LogP contribution in [0.5, 0.6) is 17.2 Å². The average molecular weight is 399 g/mol. The van der Waals surface area contributed by atoms with E-state index in [0.29, 0.717) is 28.6 Å². The van der Waals surface area contributed by atoms with Crippen molar-refractivity contribution in [3.05, 3.63) is 48.0 Å². The summed E-state index contributed by atoms with van der Waals surface area (Å²) in [5, 5.41) is 6.68. The van der Waals surface area contributed by atoms with Gasteiger partial charge in [0, 0.05) is 11.8 Å². The molecule has 0 aliphatic heterocycles. The number of rotatable bonds is 9. The summed E-state index contributed by atoms with van der Waals surface area (Å²) in [4.78, 5) is 24.1. The standard InChI is InChI=1S/C21H25N3O5/c1-14-6-5-7-17(10-14)29-13-21(26)24-23-15(2)11-20(25)22-18-9-8-16(27-3)12-19(18)28-4/h5-10,12H,11,13H2,1-4H3,(H,22,25)(H,24,26). The Labute approximate surface area is 169 Å². The van der Waals surface area contributed by atoms with Gasteiger partial charge in [-0.05, 0) is 43.7 Å². The van der Waals surface area contributed by atoms with E-state index in [4.69, 9.17) is 14.2 Å². The number of nitrogens with one attached hydrogen (secondary N) is 2.